The van der Waals surface area contributed by atoms with Crippen molar-refractivity contribution in [3.8, 4) is 11.5 Å². The molecule has 0 saturated carbocycles. The molecule has 1 aromatic heterocycles. The zero-order chi connectivity index (χ0) is 15.4. The number of nitro groups is 1. The van der Waals surface area contributed by atoms with Gasteiger partial charge in [-0.3, -0.25) is 15.1 Å². The van der Waals surface area contributed by atoms with Crippen molar-refractivity contribution >= 4 is 5.69 Å². The van der Waals surface area contributed by atoms with E-state index < -0.39 is 4.92 Å². The van der Waals surface area contributed by atoms with Crippen LogP contribution in [0.4, 0.5) is 5.69 Å². The fourth-order valence-electron chi connectivity index (χ4n) is 1.92. The third-order valence-corrected chi connectivity index (χ3v) is 3.26. The summed E-state index contributed by atoms with van der Waals surface area (Å²) in [5.41, 5.74) is 7.20. The summed E-state index contributed by atoms with van der Waals surface area (Å²) in [5.74, 6) is 0.962. The molecular formula is C15H17N3O3. The summed E-state index contributed by atoms with van der Waals surface area (Å²) >= 11 is 0. The molecule has 1 aromatic carbocycles. The van der Waals surface area contributed by atoms with Gasteiger partial charge in [-0.1, -0.05) is 13.0 Å². The third-order valence-electron chi connectivity index (χ3n) is 3.26. The molecule has 0 saturated heterocycles. The number of nitrogens with zero attached hydrogens (tertiary/aromatic N) is 2. The molecule has 0 fully saturated rings. The second-order valence-corrected chi connectivity index (χ2v) is 4.69. The van der Waals surface area contributed by atoms with Crippen molar-refractivity contribution in [2.75, 3.05) is 0 Å². The van der Waals surface area contributed by atoms with Crippen LogP contribution >= 0.6 is 0 Å². The van der Waals surface area contributed by atoms with E-state index in [9.17, 15) is 10.1 Å². The molecule has 1 heterocycles. The molecular weight excluding hydrogens is 270 g/mol. The highest BCUT2D eigenvalue weighted by Crippen LogP contribution is 2.30. The first-order valence-corrected chi connectivity index (χ1v) is 6.66. The van der Waals surface area contributed by atoms with E-state index >= 15 is 0 Å². The van der Waals surface area contributed by atoms with Crippen molar-refractivity contribution in [1.29, 1.82) is 0 Å². The first-order chi connectivity index (χ1) is 10.0. The summed E-state index contributed by atoms with van der Waals surface area (Å²) in [4.78, 5) is 14.7. The molecule has 0 bridgehead atoms. The van der Waals surface area contributed by atoms with Crippen LogP contribution in [0, 0.1) is 17.0 Å². The van der Waals surface area contributed by atoms with E-state index in [-0.39, 0.29) is 11.7 Å². The minimum Gasteiger partial charge on any atom is -0.455 e. The Morgan fingerprint density at radius 3 is 2.71 bits per heavy atom. The van der Waals surface area contributed by atoms with Gasteiger partial charge in [0.2, 0.25) is 0 Å². The van der Waals surface area contributed by atoms with Gasteiger partial charge in [-0.25, -0.2) is 0 Å². The van der Waals surface area contributed by atoms with Gasteiger partial charge in [0.1, 0.15) is 11.5 Å². The zero-order valence-corrected chi connectivity index (χ0v) is 11.9. The lowest BCUT2D eigenvalue weighted by molar-refractivity contribution is -0.385. The van der Waals surface area contributed by atoms with Gasteiger partial charge in [0.15, 0.2) is 0 Å². The molecule has 2 aromatic rings. The Balaban J connectivity index is 2.22. The number of ether oxygens (including phenoxy) is 1. The van der Waals surface area contributed by atoms with Gasteiger partial charge >= 0.3 is 0 Å². The Bertz CT molecular complexity index is 641. The number of hydrogen-bond donors (Lipinski definition) is 1. The van der Waals surface area contributed by atoms with Crippen molar-refractivity contribution in [3.63, 3.8) is 0 Å². The lowest BCUT2D eigenvalue weighted by Crippen LogP contribution is -2.10. The maximum Gasteiger partial charge on any atom is 0.276 e. The van der Waals surface area contributed by atoms with E-state index in [0.29, 0.717) is 17.1 Å². The summed E-state index contributed by atoms with van der Waals surface area (Å²) in [6.45, 7) is 3.64. The highest BCUT2D eigenvalue weighted by atomic mass is 16.6. The maximum atomic E-state index is 10.9. The van der Waals surface area contributed by atoms with Crippen LogP contribution in [-0.2, 0) is 0 Å². The molecule has 0 radical (unpaired) electrons. The normalized spacial score (nSPS) is 12.0. The first-order valence-electron chi connectivity index (χ1n) is 6.66. The molecule has 0 spiro atoms. The van der Waals surface area contributed by atoms with Crippen LogP contribution in [0.25, 0.3) is 0 Å². The predicted octanol–water partition coefficient (Wildman–Crippen LogP) is 3.50. The van der Waals surface area contributed by atoms with Crippen molar-refractivity contribution in [2.24, 2.45) is 5.73 Å². The van der Waals surface area contributed by atoms with Gasteiger partial charge in [-0.15, -0.1) is 0 Å². The third kappa shape index (κ3) is 3.35. The summed E-state index contributed by atoms with van der Waals surface area (Å²) < 4.78 is 5.66. The highest BCUT2D eigenvalue weighted by Gasteiger charge is 2.15. The van der Waals surface area contributed by atoms with E-state index in [2.05, 4.69) is 4.98 Å². The van der Waals surface area contributed by atoms with E-state index in [1.165, 1.54) is 6.07 Å². The van der Waals surface area contributed by atoms with Crippen LogP contribution in [0.2, 0.25) is 0 Å². The fraction of sp³-hybridized carbons (Fsp3) is 0.267. The monoisotopic (exact) mass is 287 g/mol. The van der Waals surface area contributed by atoms with Gasteiger partial charge < -0.3 is 10.5 Å². The molecule has 0 amide bonds. The Labute approximate surface area is 122 Å². The molecule has 0 aliphatic carbocycles. The Hall–Kier alpha value is -2.47. The van der Waals surface area contributed by atoms with Crippen LogP contribution in [0.1, 0.15) is 30.6 Å². The summed E-state index contributed by atoms with van der Waals surface area (Å²) in [6, 6.07) is 8.19. The topological polar surface area (TPSA) is 91.3 Å². The minimum absolute atomic E-state index is 0.0325. The predicted molar refractivity (Wildman–Crippen MR) is 79.4 cm³/mol. The Morgan fingerprint density at radius 2 is 2.14 bits per heavy atom. The zero-order valence-electron chi connectivity index (χ0n) is 11.9. The molecule has 2 N–H and O–H groups in total. The standard InChI is InChI=1S/C15H17N3O3/c1-3-12(16)13-8-7-11(9-17-13)21-15-6-4-5-14(10(15)2)18(19)20/h4-9,12H,3,16H2,1-2H3/t12-/m1/s1. The van der Waals surface area contributed by atoms with Crippen LogP contribution < -0.4 is 10.5 Å². The van der Waals surface area contributed by atoms with Crippen molar-refractivity contribution in [1.82, 2.24) is 4.98 Å². The molecule has 0 aliphatic heterocycles. The number of aromatic nitrogens is 1. The number of rotatable bonds is 5. The van der Waals surface area contributed by atoms with Crippen LogP contribution in [0.5, 0.6) is 11.5 Å². The van der Waals surface area contributed by atoms with E-state index in [1.807, 2.05) is 6.92 Å². The second-order valence-electron chi connectivity index (χ2n) is 4.69. The van der Waals surface area contributed by atoms with Gasteiger partial charge in [-0.05, 0) is 31.5 Å². The number of nitrogens with two attached hydrogens (primary N) is 1. The molecule has 2 rings (SSSR count). The lowest BCUT2D eigenvalue weighted by Gasteiger charge is -2.11. The number of pyridine rings is 1. The van der Waals surface area contributed by atoms with Crippen LogP contribution in [-0.4, -0.2) is 9.91 Å². The Morgan fingerprint density at radius 1 is 1.38 bits per heavy atom. The minimum atomic E-state index is -0.427. The molecule has 1 atom stereocenters. The number of benzene rings is 1. The highest BCUT2D eigenvalue weighted by molar-refractivity contribution is 5.49. The van der Waals surface area contributed by atoms with Crippen molar-refractivity contribution in [2.45, 2.75) is 26.3 Å². The Kier molecular flexibility index (Phi) is 4.49. The average molecular weight is 287 g/mol. The summed E-state index contributed by atoms with van der Waals surface area (Å²) in [5, 5.41) is 10.9. The van der Waals surface area contributed by atoms with Gasteiger partial charge in [-0.2, -0.15) is 0 Å². The van der Waals surface area contributed by atoms with E-state index in [1.54, 1.807) is 37.4 Å². The van der Waals surface area contributed by atoms with Crippen LogP contribution in [0.3, 0.4) is 0 Å². The van der Waals surface area contributed by atoms with Gasteiger partial charge in [0, 0.05) is 12.1 Å². The molecule has 0 unspecified atom stereocenters. The summed E-state index contributed by atoms with van der Waals surface area (Å²) in [6.07, 6.45) is 2.38. The lowest BCUT2D eigenvalue weighted by atomic mass is 10.1. The van der Waals surface area contributed by atoms with Gasteiger partial charge in [0.05, 0.1) is 22.4 Å². The number of nitro benzene ring substituents is 1. The maximum absolute atomic E-state index is 10.9. The quantitative estimate of drug-likeness (QED) is 0.671. The average Bonchev–Trinajstić information content (AvgIpc) is 2.49. The van der Waals surface area contributed by atoms with E-state index in [4.69, 9.17) is 10.5 Å². The SMILES string of the molecule is CC[C@@H](N)c1ccc(Oc2cccc([N+](=O)[O-])c2C)cn1. The fourth-order valence-corrected chi connectivity index (χ4v) is 1.92. The smallest absolute Gasteiger partial charge is 0.276 e. The largest absolute Gasteiger partial charge is 0.455 e. The second kappa shape index (κ2) is 6.32. The van der Waals surface area contributed by atoms with Crippen molar-refractivity contribution in [3.05, 3.63) is 57.9 Å². The molecule has 6 heteroatoms. The van der Waals surface area contributed by atoms with E-state index in [0.717, 1.165) is 12.1 Å². The summed E-state index contributed by atoms with van der Waals surface area (Å²) in [7, 11) is 0. The molecule has 0 aliphatic rings. The van der Waals surface area contributed by atoms with Gasteiger partial charge in [0.25, 0.3) is 5.69 Å². The number of hydrogen-bond acceptors (Lipinski definition) is 5. The van der Waals surface area contributed by atoms with Crippen LogP contribution in [0.15, 0.2) is 36.5 Å². The molecule has 110 valence electrons. The molecule has 21 heavy (non-hydrogen) atoms. The molecule has 6 nitrogen and oxygen atoms in total. The van der Waals surface area contributed by atoms with Crippen molar-refractivity contribution < 1.29 is 9.66 Å². The first kappa shape index (κ1) is 14.9.